The molecular weight excluding hydrogens is 288 g/mol. The summed E-state index contributed by atoms with van der Waals surface area (Å²) in [5, 5.41) is 4.90. The smallest absolute Gasteiger partial charge is 0.168 e. The van der Waals surface area contributed by atoms with Gasteiger partial charge in [-0.25, -0.2) is 0 Å². The molecule has 112 valence electrons. The Labute approximate surface area is 129 Å². The zero-order valence-corrected chi connectivity index (χ0v) is 13.5. The number of ether oxygens (including phenoxy) is 1. The minimum atomic E-state index is 0.00444. The standard InChI is InChI=1S/C16H19ClN2O2/c1-5-19-13(16(17)11(3)18-19)9-14(20)12-7-6-10(2)15(8-12)21-4/h6-8H,5,9H2,1-4H3. The van der Waals surface area contributed by atoms with Crippen LogP contribution in [-0.2, 0) is 13.0 Å². The largest absolute Gasteiger partial charge is 0.496 e. The van der Waals surface area contributed by atoms with Crippen LogP contribution in [0.4, 0.5) is 0 Å². The lowest BCUT2D eigenvalue weighted by Crippen LogP contribution is -2.10. The van der Waals surface area contributed by atoms with Gasteiger partial charge in [0.15, 0.2) is 5.78 Å². The maximum absolute atomic E-state index is 12.5. The minimum Gasteiger partial charge on any atom is -0.496 e. The number of nitrogens with zero attached hydrogens (tertiary/aromatic N) is 2. The Hall–Kier alpha value is -1.81. The number of hydrogen-bond acceptors (Lipinski definition) is 3. The van der Waals surface area contributed by atoms with Crippen molar-refractivity contribution in [3.63, 3.8) is 0 Å². The van der Waals surface area contributed by atoms with Crippen molar-refractivity contribution in [1.82, 2.24) is 9.78 Å². The van der Waals surface area contributed by atoms with Gasteiger partial charge in [0.2, 0.25) is 0 Å². The normalized spacial score (nSPS) is 10.7. The van der Waals surface area contributed by atoms with Gasteiger partial charge in [-0.15, -0.1) is 0 Å². The van der Waals surface area contributed by atoms with E-state index in [1.807, 2.05) is 32.9 Å². The van der Waals surface area contributed by atoms with Crippen LogP contribution in [0.25, 0.3) is 0 Å². The molecule has 0 bridgehead atoms. The third kappa shape index (κ3) is 3.10. The fourth-order valence-electron chi connectivity index (χ4n) is 2.29. The van der Waals surface area contributed by atoms with Crippen LogP contribution >= 0.6 is 11.6 Å². The van der Waals surface area contributed by atoms with E-state index in [0.29, 0.717) is 22.9 Å². The van der Waals surface area contributed by atoms with E-state index in [4.69, 9.17) is 16.3 Å². The molecule has 0 N–H and O–H groups in total. The number of Topliss-reactive ketones (excluding diaryl/α,β-unsaturated/α-hetero) is 1. The number of aromatic nitrogens is 2. The van der Waals surface area contributed by atoms with Gasteiger partial charge in [0.05, 0.1) is 29.9 Å². The Kier molecular flexibility index (Phi) is 4.68. The maximum Gasteiger partial charge on any atom is 0.168 e. The second-order valence-electron chi connectivity index (χ2n) is 4.95. The molecule has 0 spiro atoms. The van der Waals surface area contributed by atoms with Gasteiger partial charge in [0.1, 0.15) is 5.75 Å². The summed E-state index contributed by atoms with van der Waals surface area (Å²) in [6.45, 7) is 6.45. The van der Waals surface area contributed by atoms with Gasteiger partial charge in [0.25, 0.3) is 0 Å². The Morgan fingerprint density at radius 2 is 2.10 bits per heavy atom. The van der Waals surface area contributed by atoms with E-state index >= 15 is 0 Å². The fourth-order valence-corrected chi connectivity index (χ4v) is 2.49. The van der Waals surface area contributed by atoms with Gasteiger partial charge in [-0.3, -0.25) is 9.48 Å². The summed E-state index contributed by atoms with van der Waals surface area (Å²) < 4.78 is 7.04. The first-order valence-electron chi connectivity index (χ1n) is 6.87. The molecule has 4 nitrogen and oxygen atoms in total. The van der Waals surface area contributed by atoms with Crippen LogP contribution in [0.1, 0.15) is 34.2 Å². The van der Waals surface area contributed by atoms with Crippen LogP contribution < -0.4 is 4.74 Å². The van der Waals surface area contributed by atoms with Gasteiger partial charge >= 0.3 is 0 Å². The Balaban J connectivity index is 2.30. The predicted octanol–water partition coefficient (Wildman–Crippen LogP) is 3.61. The Morgan fingerprint density at radius 3 is 2.71 bits per heavy atom. The molecule has 21 heavy (non-hydrogen) atoms. The molecule has 0 saturated carbocycles. The fraction of sp³-hybridized carbons (Fsp3) is 0.375. The minimum absolute atomic E-state index is 0.00444. The SMILES string of the molecule is CCn1nc(C)c(Cl)c1CC(=O)c1ccc(C)c(OC)c1. The molecule has 0 fully saturated rings. The van der Waals surface area contributed by atoms with Crippen LogP contribution in [0.15, 0.2) is 18.2 Å². The summed E-state index contributed by atoms with van der Waals surface area (Å²) in [6.07, 6.45) is 0.236. The summed E-state index contributed by atoms with van der Waals surface area (Å²) in [6, 6.07) is 5.47. The lowest BCUT2D eigenvalue weighted by Gasteiger charge is -2.08. The lowest BCUT2D eigenvalue weighted by atomic mass is 10.0. The third-order valence-electron chi connectivity index (χ3n) is 3.51. The van der Waals surface area contributed by atoms with Crippen LogP contribution in [0.5, 0.6) is 5.75 Å². The molecule has 0 aliphatic rings. The number of ketones is 1. The molecule has 0 aliphatic carbocycles. The molecule has 0 aliphatic heterocycles. The topological polar surface area (TPSA) is 44.1 Å². The van der Waals surface area contributed by atoms with E-state index in [9.17, 15) is 4.79 Å². The molecule has 0 atom stereocenters. The lowest BCUT2D eigenvalue weighted by molar-refractivity contribution is 0.0990. The summed E-state index contributed by atoms with van der Waals surface area (Å²) in [5.41, 5.74) is 3.14. The predicted molar refractivity (Wildman–Crippen MR) is 83.4 cm³/mol. The molecule has 1 aromatic heterocycles. The molecule has 0 unspecified atom stereocenters. The van der Waals surface area contributed by atoms with E-state index < -0.39 is 0 Å². The third-order valence-corrected chi connectivity index (χ3v) is 4.00. The highest BCUT2D eigenvalue weighted by atomic mass is 35.5. The highest BCUT2D eigenvalue weighted by Gasteiger charge is 2.17. The van der Waals surface area contributed by atoms with Gasteiger partial charge in [0, 0.05) is 12.1 Å². The van der Waals surface area contributed by atoms with Crippen LogP contribution in [0.3, 0.4) is 0 Å². The molecule has 2 rings (SSSR count). The number of halogens is 1. The number of hydrogen-bond donors (Lipinski definition) is 0. The number of benzene rings is 1. The van der Waals surface area contributed by atoms with Crippen molar-refractivity contribution >= 4 is 17.4 Å². The van der Waals surface area contributed by atoms with Crippen molar-refractivity contribution in [3.8, 4) is 5.75 Å². The Bertz CT molecular complexity index is 677. The highest BCUT2D eigenvalue weighted by molar-refractivity contribution is 6.32. The first-order valence-corrected chi connectivity index (χ1v) is 7.25. The monoisotopic (exact) mass is 306 g/mol. The second kappa shape index (κ2) is 6.31. The van der Waals surface area contributed by atoms with Gasteiger partial charge in [-0.2, -0.15) is 5.10 Å². The molecule has 1 heterocycles. The number of carbonyl (C=O) groups is 1. The first-order chi connectivity index (χ1) is 9.97. The zero-order chi connectivity index (χ0) is 15.6. The van der Waals surface area contributed by atoms with E-state index in [2.05, 4.69) is 5.10 Å². The van der Waals surface area contributed by atoms with E-state index in [-0.39, 0.29) is 12.2 Å². The van der Waals surface area contributed by atoms with Crippen molar-refractivity contribution < 1.29 is 9.53 Å². The zero-order valence-electron chi connectivity index (χ0n) is 12.7. The van der Waals surface area contributed by atoms with Crippen molar-refractivity contribution in [2.24, 2.45) is 0 Å². The van der Waals surface area contributed by atoms with Gasteiger partial charge in [-0.05, 0) is 32.4 Å². The quantitative estimate of drug-likeness (QED) is 0.793. The Morgan fingerprint density at radius 1 is 1.38 bits per heavy atom. The van der Waals surface area contributed by atoms with E-state index in [1.165, 1.54) is 0 Å². The number of rotatable bonds is 5. The van der Waals surface area contributed by atoms with Crippen molar-refractivity contribution in [1.29, 1.82) is 0 Å². The van der Waals surface area contributed by atoms with Gasteiger partial charge in [-0.1, -0.05) is 23.7 Å². The van der Waals surface area contributed by atoms with Gasteiger partial charge < -0.3 is 4.74 Å². The molecule has 5 heteroatoms. The van der Waals surface area contributed by atoms with Crippen molar-refractivity contribution in [3.05, 3.63) is 45.7 Å². The summed E-state index contributed by atoms with van der Waals surface area (Å²) in [5.74, 6) is 0.719. The second-order valence-corrected chi connectivity index (χ2v) is 5.32. The molecule has 0 saturated heterocycles. The maximum atomic E-state index is 12.5. The van der Waals surface area contributed by atoms with Crippen LogP contribution in [0, 0.1) is 13.8 Å². The average Bonchev–Trinajstić information content (AvgIpc) is 2.75. The summed E-state index contributed by atoms with van der Waals surface area (Å²) in [7, 11) is 1.60. The molecular formula is C16H19ClN2O2. The highest BCUT2D eigenvalue weighted by Crippen LogP contribution is 2.24. The van der Waals surface area contributed by atoms with Crippen LogP contribution in [-0.4, -0.2) is 22.7 Å². The molecule has 0 amide bonds. The van der Waals surface area contributed by atoms with E-state index in [1.54, 1.807) is 17.9 Å². The average molecular weight is 307 g/mol. The van der Waals surface area contributed by atoms with Crippen molar-refractivity contribution in [2.45, 2.75) is 33.7 Å². The first kappa shape index (κ1) is 15.6. The van der Waals surface area contributed by atoms with Crippen molar-refractivity contribution in [2.75, 3.05) is 7.11 Å². The molecule has 0 radical (unpaired) electrons. The number of methoxy groups -OCH3 is 1. The summed E-state index contributed by atoms with van der Waals surface area (Å²) >= 11 is 6.25. The molecule has 2 aromatic rings. The number of carbonyl (C=O) groups excluding carboxylic acids is 1. The summed E-state index contributed by atoms with van der Waals surface area (Å²) in [4.78, 5) is 12.5. The van der Waals surface area contributed by atoms with E-state index in [0.717, 1.165) is 17.0 Å². The van der Waals surface area contributed by atoms with Crippen LogP contribution in [0.2, 0.25) is 5.02 Å². The number of aryl methyl sites for hydroxylation is 3. The molecule has 1 aromatic carbocycles.